The molecular formula is C11H17Cl2FO2. The number of alkyl halides is 1. The number of rotatable bonds is 7. The predicted octanol–water partition coefficient (Wildman–Crippen LogP) is 4.01. The van der Waals surface area contributed by atoms with Gasteiger partial charge >= 0.3 is 5.97 Å². The van der Waals surface area contributed by atoms with Gasteiger partial charge in [0.25, 0.3) is 0 Å². The van der Waals surface area contributed by atoms with E-state index in [1.807, 2.05) is 6.92 Å². The number of halogens is 3. The van der Waals surface area contributed by atoms with E-state index in [1.165, 1.54) is 6.08 Å². The van der Waals surface area contributed by atoms with Crippen molar-refractivity contribution in [3.8, 4) is 0 Å². The van der Waals surface area contributed by atoms with Gasteiger partial charge in [-0.25, -0.2) is 4.39 Å². The van der Waals surface area contributed by atoms with Crippen molar-refractivity contribution in [2.75, 3.05) is 6.61 Å². The highest BCUT2D eigenvalue weighted by molar-refractivity contribution is 6.55. The first-order chi connectivity index (χ1) is 7.52. The standard InChI is InChI=1S/C11H17Cl2FO2/c1-3-5-6-9(14)8(7-10(12)13)11(15)16-4-2/h7-9H,3-6H2,1-2H3/t8-,9?/m1/s1. The molecule has 0 fully saturated rings. The van der Waals surface area contributed by atoms with Crippen molar-refractivity contribution in [1.82, 2.24) is 0 Å². The zero-order valence-electron chi connectivity index (χ0n) is 9.51. The lowest BCUT2D eigenvalue weighted by molar-refractivity contribution is -0.148. The molecule has 0 aromatic carbocycles. The van der Waals surface area contributed by atoms with E-state index >= 15 is 0 Å². The molecule has 0 aliphatic carbocycles. The maximum atomic E-state index is 13.7. The van der Waals surface area contributed by atoms with Crippen molar-refractivity contribution in [1.29, 1.82) is 0 Å². The summed E-state index contributed by atoms with van der Waals surface area (Å²) in [5, 5.41) is 0. The second-order valence-electron chi connectivity index (χ2n) is 3.39. The third-order valence-corrected chi connectivity index (χ3v) is 2.34. The lowest BCUT2D eigenvalue weighted by Crippen LogP contribution is -2.25. The fourth-order valence-electron chi connectivity index (χ4n) is 1.27. The lowest BCUT2D eigenvalue weighted by atomic mass is 9.99. The largest absolute Gasteiger partial charge is 0.465 e. The Bertz CT molecular complexity index is 240. The monoisotopic (exact) mass is 270 g/mol. The summed E-state index contributed by atoms with van der Waals surface area (Å²) in [4.78, 5) is 11.5. The van der Waals surface area contributed by atoms with E-state index in [0.717, 1.165) is 6.42 Å². The normalized spacial score (nSPS) is 14.1. The number of esters is 1. The van der Waals surface area contributed by atoms with Gasteiger partial charge in [-0.1, -0.05) is 43.0 Å². The molecule has 16 heavy (non-hydrogen) atoms. The van der Waals surface area contributed by atoms with Gasteiger partial charge in [0.15, 0.2) is 0 Å². The number of hydrogen-bond acceptors (Lipinski definition) is 2. The quantitative estimate of drug-likeness (QED) is 0.654. The number of ether oxygens (including phenoxy) is 1. The topological polar surface area (TPSA) is 26.3 Å². The molecule has 0 aliphatic rings. The minimum atomic E-state index is -1.30. The molecule has 0 aliphatic heterocycles. The van der Waals surface area contributed by atoms with Crippen LogP contribution in [0.15, 0.2) is 10.6 Å². The minimum Gasteiger partial charge on any atom is -0.465 e. The highest BCUT2D eigenvalue weighted by atomic mass is 35.5. The molecule has 1 unspecified atom stereocenters. The van der Waals surface area contributed by atoms with Crippen LogP contribution in [0.2, 0.25) is 0 Å². The summed E-state index contributed by atoms with van der Waals surface area (Å²) in [5.41, 5.74) is 0. The summed E-state index contributed by atoms with van der Waals surface area (Å²) < 4.78 is 18.4. The van der Waals surface area contributed by atoms with Crippen LogP contribution < -0.4 is 0 Å². The third-order valence-electron chi connectivity index (χ3n) is 2.09. The van der Waals surface area contributed by atoms with Crippen molar-refractivity contribution in [3.63, 3.8) is 0 Å². The first-order valence-electron chi connectivity index (χ1n) is 5.36. The third kappa shape index (κ3) is 6.33. The maximum Gasteiger partial charge on any atom is 0.315 e. The Morgan fingerprint density at radius 1 is 1.44 bits per heavy atom. The van der Waals surface area contributed by atoms with Crippen molar-refractivity contribution < 1.29 is 13.9 Å². The maximum absolute atomic E-state index is 13.7. The average Bonchev–Trinajstić information content (AvgIpc) is 2.22. The Labute approximate surface area is 106 Å². The van der Waals surface area contributed by atoms with E-state index in [4.69, 9.17) is 27.9 Å². The Morgan fingerprint density at radius 2 is 2.06 bits per heavy atom. The van der Waals surface area contributed by atoms with Crippen LogP contribution in [-0.4, -0.2) is 18.7 Å². The van der Waals surface area contributed by atoms with Crippen LogP contribution in [0.1, 0.15) is 33.1 Å². The van der Waals surface area contributed by atoms with Crippen LogP contribution >= 0.6 is 23.2 Å². The fourth-order valence-corrected chi connectivity index (χ4v) is 1.54. The number of carbonyl (C=O) groups is 1. The molecule has 0 spiro atoms. The number of unbranched alkanes of at least 4 members (excludes halogenated alkanes) is 1. The van der Waals surface area contributed by atoms with E-state index in [1.54, 1.807) is 6.92 Å². The van der Waals surface area contributed by atoms with Gasteiger partial charge in [-0.05, 0) is 19.4 Å². The smallest absolute Gasteiger partial charge is 0.315 e. The summed E-state index contributed by atoms with van der Waals surface area (Å²) in [6.45, 7) is 3.83. The van der Waals surface area contributed by atoms with Crippen LogP contribution in [0.25, 0.3) is 0 Å². The Balaban J connectivity index is 4.53. The first-order valence-corrected chi connectivity index (χ1v) is 6.12. The molecule has 0 saturated carbocycles. The van der Waals surface area contributed by atoms with E-state index in [2.05, 4.69) is 0 Å². The van der Waals surface area contributed by atoms with E-state index < -0.39 is 18.1 Å². The van der Waals surface area contributed by atoms with Gasteiger partial charge in [0, 0.05) is 0 Å². The van der Waals surface area contributed by atoms with Crippen LogP contribution in [0.3, 0.4) is 0 Å². The molecule has 94 valence electrons. The van der Waals surface area contributed by atoms with Gasteiger partial charge in [0.1, 0.15) is 16.6 Å². The molecule has 0 bridgehead atoms. The molecule has 0 amide bonds. The highest BCUT2D eigenvalue weighted by Gasteiger charge is 2.27. The van der Waals surface area contributed by atoms with Crippen molar-refractivity contribution in [2.45, 2.75) is 39.3 Å². The van der Waals surface area contributed by atoms with Crippen molar-refractivity contribution in [2.24, 2.45) is 5.92 Å². The summed E-state index contributed by atoms with van der Waals surface area (Å²) in [7, 11) is 0. The molecule has 0 rings (SSSR count). The SMILES string of the molecule is CCCCC(F)[C@@H](C=C(Cl)Cl)C(=O)OCC. The number of hydrogen-bond donors (Lipinski definition) is 0. The Hall–Kier alpha value is -0.280. The molecule has 0 aromatic rings. The van der Waals surface area contributed by atoms with Gasteiger partial charge in [-0.15, -0.1) is 0 Å². The van der Waals surface area contributed by atoms with E-state index in [0.29, 0.717) is 12.8 Å². The Morgan fingerprint density at radius 3 is 2.50 bits per heavy atom. The van der Waals surface area contributed by atoms with E-state index in [-0.39, 0.29) is 11.1 Å². The molecule has 5 heteroatoms. The molecule has 0 saturated heterocycles. The number of carbonyl (C=O) groups excluding carboxylic acids is 1. The lowest BCUT2D eigenvalue weighted by Gasteiger charge is -2.16. The molecule has 0 N–H and O–H groups in total. The molecule has 2 atom stereocenters. The summed E-state index contributed by atoms with van der Waals surface area (Å²) in [6, 6.07) is 0. The zero-order valence-corrected chi connectivity index (χ0v) is 11.0. The molecule has 0 radical (unpaired) electrons. The van der Waals surface area contributed by atoms with Gasteiger partial charge < -0.3 is 4.74 Å². The average molecular weight is 271 g/mol. The second-order valence-corrected chi connectivity index (χ2v) is 4.40. The molecule has 2 nitrogen and oxygen atoms in total. The molecular weight excluding hydrogens is 254 g/mol. The van der Waals surface area contributed by atoms with Crippen molar-refractivity contribution in [3.05, 3.63) is 10.6 Å². The van der Waals surface area contributed by atoms with Crippen LogP contribution in [0, 0.1) is 5.92 Å². The zero-order chi connectivity index (χ0) is 12.6. The van der Waals surface area contributed by atoms with Crippen LogP contribution in [0.4, 0.5) is 4.39 Å². The predicted molar refractivity (Wildman–Crippen MR) is 64.3 cm³/mol. The van der Waals surface area contributed by atoms with Crippen LogP contribution in [0.5, 0.6) is 0 Å². The molecule has 0 aromatic heterocycles. The Kier molecular flexibility index (Phi) is 8.67. The van der Waals surface area contributed by atoms with Gasteiger partial charge in [-0.3, -0.25) is 4.79 Å². The molecule has 0 heterocycles. The highest BCUT2D eigenvalue weighted by Crippen LogP contribution is 2.22. The summed E-state index contributed by atoms with van der Waals surface area (Å²) >= 11 is 10.9. The van der Waals surface area contributed by atoms with Gasteiger partial charge in [-0.2, -0.15) is 0 Å². The van der Waals surface area contributed by atoms with Gasteiger partial charge in [0.05, 0.1) is 6.61 Å². The second kappa shape index (κ2) is 8.82. The first kappa shape index (κ1) is 15.7. The summed E-state index contributed by atoms with van der Waals surface area (Å²) in [6.07, 6.45) is 1.78. The summed E-state index contributed by atoms with van der Waals surface area (Å²) in [5.74, 6) is -1.62. The van der Waals surface area contributed by atoms with Crippen molar-refractivity contribution >= 4 is 29.2 Å². The van der Waals surface area contributed by atoms with Gasteiger partial charge in [0.2, 0.25) is 0 Å². The van der Waals surface area contributed by atoms with E-state index in [9.17, 15) is 9.18 Å². The fraction of sp³-hybridized carbons (Fsp3) is 0.727. The van der Waals surface area contributed by atoms with Crippen LogP contribution in [-0.2, 0) is 9.53 Å². The minimum absolute atomic E-state index is 0.114.